The molecule has 0 aliphatic heterocycles. The second-order valence-electron chi connectivity index (χ2n) is 4.26. The van der Waals surface area contributed by atoms with E-state index in [1.807, 2.05) is 0 Å². The minimum atomic E-state index is 0.183. The van der Waals surface area contributed by atoms with Gasteiger partial charge in [-0.05, 0) is 37.5 Å². The molecule has 0 aromatic heterocycles. The van der Waals surface area contributed by atoms with Gasteiger partial charge in [-0.15, -0.1) is 11.6 Å². The Balaban J connectivity index is 1.96. The highest BCUT2D eigenvalue weighted by Gasteiger charge is 2.27. The van der Waals surface area contributed by atoms with Crippen molar-refractivity contribution >= 4 is 17.5 Å². The zero-order valence-corrected chi connectivity index (χ0v) is 9.65. The fraction of sp³-hybridized carbons (Fsp3) is 0.909. The molecule has 0 radical (unpaired) electrons. The van der Waals surface area contributed by atoms with Crippen LogP contribution in [-0.2, 0) is 4.79 Å². The van der Waals surface area contributed by atoms with E-state index in [0.29, 0.717) is 18.2 Å². The van der Waals surface area contributed by atoms with E-state index in [9.17, 15) is 4.79 Å². The molecule has 1 N–H and O–H groups in total. The molecule has 0 heterocycles. The number of carbonyl (C=O) groups excluding carboxylic acids is 1. The number of unbranched alkanes of at least 4 members (excludes halogenated alkanes) is 1. The molecule has 0 spiro atoms. The van der Waals surface area contributed by atoms with Gasteiger partial charge in [-0.3, -0.25) is 4.79 Å². The van der Waals surface area contributed by atoms with E-state index in [0.717, 1.165) is 25.3 Å². The molecule has 0 saturated heterocycles. The number of carbonyl (C=O) groups is 1. The van der Waals surface area contributed by atoms with Crippen LogP contribution in [0.2, 0.25) is 0 Å². The van der Waals surface area contributed by atoms with Gasteiger partial charge < -0.3 is 5.32 Å². The average molecular weight is 218 g/mol. The molecule has 0 bridgehead atoms. The van der Waals surface area contributed by atoms with Gasteiger partial charge in [-0.2, -0.15) is 0 Å². The quantitative estimate of drug-likeness (QED) is 0.516. The fourth-order valence-electron chi connectivity index (χ4n) is 1.58. The summed E-state index contributed by atoms with van der Waals surface area (Å²) in [6.45, 7) is 3.07. The number of amides is 1. The molecular weight excluding hydrogens is 198 g/mol. The predicted molar refractivity (Wildman–Crippen MR) is 59.5 cm³/mol. The zero-order valence-electron chi connectivity index (χ0n) is 8.89. The average Bonchev–Trinajstić information content (AvgIpc) is 2.98. The van der Waals surface area contributed by atoms with Crippen LogP contribution in [0.3, 0.4) is 0 Å². The second kappa shape index (κ2) is 6.28. The molecule has 2 nitrogen and oxygen atoms in total. The predicted octanol–water partition coefficient (Wildman–Crippen LogP) is 2.56. The topological polar surface area (TPSA) is 29.1 Å². The maximum absolute atomic E-state index is 11.3. The molecule has 3 heteroatoms. The molecule has 14 heavy (non-hydrogen) atoms. The summed E-state index contributed by atoms with van der Waals surface area (Å²) >= 11 is 5.53. The van der Waals surface area contributed by atoms with Crippen molar-refractivity contribution in [1.82, 2.24) is 5.32 Å². The summed E-state index contributed by atoms with van der Waals surface area (Å²) in [5, 5.41) is 2.98. The molecule has 1 aliphatic rings. The molecule has 82 valence electrons. The maximum atomic E-state index is 11.3. The van der Waals surface area contributed by atoms with Gasteiger partial charge in [0, 0.05) is 18.8 Å². The molecule has 1 unspecified atom stereocenters. The summed E-state index contributed by atoms with van der Waals surface area (Å²) in [5.74, 6) is 2.37. The maximum Gasteiger partial charge on any atom is 0.220 e. The molecule has 1 saturated carbocycles. The van der Waals surface area contributed by atoms with E-state index in [1.54, 1.807) is 0 Å². The third-order valence-corrected chi connectivity index (χ3v) is 3.10. The van der Waals surface area contributed by atoms with E-state index in [-0.39, 0.29) is 5.91 Å². The lowest BCUT2D eigenvalue weighted by molar-refractivity contribution is -0.121. The Labute approximate surface area is 91.4 Å². The van der Waals surface area contributed by atoms with Crippen LogP contribution in [0.4, 0.5) is 0 Å². The van der Waals surface area contributed by atoms with E-state index in [1.165, 1.54) is 12.8 Å². The normalized spacial score (nSPS) is 17.9. The van der Waals surface area contributed by atoms with E-state index in [4.69, 9.17) is 11.6 Å². The van der Waals surface area contributed by atoms with Gasteiger partial charge >= 0.3 is 0 Å². The van der Waals surface area contributed by atoms with Crippen LogP contribution in [0.1, 0.15) is 39.0 Å². The van der Waals surface area contributed by atoms with Crippen LogP contribution in [0.15, 0.2) is 0 Å². The van der Waals surface area contributed by atoms with Crippen molar-refractivity contribution in [3.8, 4) is 0 Å². The largest absolute Gasteiger partial charge is 0.356 e. The van der Waals surface area contributed by atoms with Crippen LogP contribution in [0, 0.1) is 11.8 Å². The van der Waals surface area contributed by atoms with Gasteiger partial charge in [0.15, 0.2) is 0 Å². The number of hydrogen-bond donors (Lipinski definition) is 1. The first kappa shape index (κ1) is 11.8. The van der Waals surface area contributed by atoms with Crippen LogP contribution in [0.5, 0.6) is 0 Å². The standard InChI is InChI=1S/C11H20ClNO/c1-9(10-5-6-10)8-13-11(14)4-2-3-7-12/h9-10H,2-8H2,1H3,(H,13,14). The van der Waals surface area contributed by atoms with E-state index >= 15 is 0 Å². The Morgan fingerprint density at radius 2 is 2.21 bits per heavy atom. The molecule has 1 aliphatic carbocycles. The van der Waals surface area contributed by atoms with Crippen molar-refractivity contribution < 1.29 is 4.79 Å². The van der Waals surface area contributed by atoms with Crippen molar-refractivity contribution in [1.29, 1.82) is 0 Å². The van der Waals surface area contributed by atoms with Crippen LogP contribution >= 0.6 is 11.6 Å². The smallest absolute Gasteiger partial charge is 0.220 e. The Hall–Kier alpha value is -0.240. The van der Waals surface area contributed by atoms with Gasteiger partial charge in [0.1, 0.15) is 0 Å². The van der Waals surface area contributed by atoms with Crippen molar-refractivity contribution in [2.24, 2.45) is 11.8 Å². The molecule has 0 aromatic carbocycles. The molecule has 1 rings (SSSR count). The third-order valence-electron chi connectivity index (χ3n) is 2.84. The highest BCUT2D eigenvalue weighted by atomic mass is 35.5. The van der Waals surface area contributed by atoms with Gasteiger partial charge in [0.25, 0.3) is 0 Å². The second-order valence-corrected chi connectivity index (χ2v) is 4.64. The minimum Gasteiger partial charge on any atom is -0.356 e. The lowest BCUT2D eigenvalue weighted by Gasteiger charge is -2.10. The van der Waals surface area contributed by atoms with Gasteiger partial charge in [-0.25, -0.2) is 0 Å². The molecule has 1 fully saturated rings. The SMILES string of the molecule is CC(CNC(=O)CCCCCl)C1CC1. The Morgan fingerprint density at radius 3 is 2.79 bits per heavy atom. The number of rotatable bonds is 7. The first-order chi connectivity index (χ1) is 6.74. The van der Waals surface area contributed by atoms with Gasteiger partial charge in [-0.1, -0.05) is 6.92 Å². The van der Waals surface area contributed by atoms with Crippen LogP contribution in [0.25, 0.3) is 0 Å². The highest BCUT2D eigenvalue weighted by Crippen LogP contribution is 2.35. The molecule has 1 atom stereocenters. The molecule has 1 amide bonds. The van der Waals surface area contributed by atoms with Crippen LogP contribution < -0.4 is 5.32 Å². The highest BCUT2D eigenvalue weighted by molar-refractivity contribution is 6.17. The summed E-state index contributed by atoms with van der Waals surface area (Å²) < 4.78 is 0. The summed E-state index contributed by atoms with van der Waals surface area (Å²) in [6, 6.07) is 0. The van der Waals surface area contributed by atoms with E-state index < -0.39 is 0 Å². The Bertz CT molecular complexity index is 180. The van der Waals surface area contributed by atoms with Crippen molar-refractivity contribution in [2.75, 3.05) is 12.4 Å². The summed E-state index contributed by atoms with van der Waals surface area (Å²) in [4.78, 5) is 11.3. The van der Waals surface area contributed by atoms with Gasteiger partial charge in [0.05, 0.1) is 0 Å². The van der Waals surface area contributed by atoms with Crippen LogP contribution in [-0.4, -0.2) is 18.3 Å². The van der Waals surface area contributed by atoms with Gasteiger partial charge in [0.2, 0.25) is 5.91 Å². The fourth-order valence-corrected chi connectivity index (χ4v) is 1.76. The third kappa shape index (κ3) is 4.85. The van der Waals surface area contributed by atoms with Crippen molar-refractivity contribution in [3.05, 3.63) is 0 Å². The monoisotopic (exact) mass is 217 g/mol. The first-order valence-electron chi connectivity index (χ1n) is 5.56. The Kier molecular flexibility index (Phi) is 5.31. The number of hydrogen-bond acceptors (Lipinski definition) is 1. The molecular formula is C11H20ClNO. The summed E-state index contributed by atoms with van der Waals surface area (Å²) in [6.07, 6.45) is 5.18. The first-order valence-corrected chi connectivity index (χ1v) is 6.10. The zero-order chi connectivity index (χ0) is 10.4. The lowest BCUT2D eigenvalue weighted by Crippen LogP contribution is -2.28. The van der Waals surface area contributed by atoms with E-state index in [2.05, 4.69) is 12.2 Å². The summed E-state index contributed by atoms with van der Waals surface area (Å²) in [5.41, 5.74) is 0. The summed E-state index contributed by atoms with van der Waals surface area (Å²) in [7, 11) is 0. The van der Waals surface area contributed by atoms with Crippen molar-refractivity contribution in [2.45, 2.75) is 39.0 Å². The molecule has 0 aromatic rings. The van der Waals surface area contributed by atoms with Crippen molar-refractivity contribution in [3.63, 3.8) is 0 Å². The number of alkyl halides is 1. The number of nitrogens with one attached hydrogen (secondary N) is 1. The minimum absolute atomic E-state index is 0.183. The Morgan fingerprint density at radius 1 is 1.50 bits per heavy atom. The lowest BCUT2D eigenvalue weighted by atomic mass is 10.1. The number of halogens is 1.